The lowest BCUT2D eigenvalue weighted by molar-refractivity contribution is -0.142. The number of carboxylic acids is 1. The zero-order valence-corrected chi connectivity index (χ0v) is 35.6. The maximum atomic E-state index is 13.2. The normalized spacial score (nSPS) is 13.6. The van der Waals surface area contributed by atoms with E-state index in [1.807, 2.05) is 24.3 Å². The van der Waals surface area contributed by atoms with E-state index in [0.717, 1.165) is 36.0 Å². The molecule has 6 N–H and O–H groups in total. The Bertz CT molecular complexity index is 1650. The first kappa shape index (κ1) is 49.0. The molecule has 2 aromatic carbocycles. The molecule has 0 aromatic heterocycles. The minimum absolute atomic E-state index is 0.0589. The SMILES string of the molecule is CCCCc1ccc(-c2ccc(CN(CCC(=O)NC(C(=O)NC(C)C(=O)NC(CCCCNC(=O)OC(C)(C)C)C(=O)O)C(C)O)C(=O)OC(C)(C)C)cc2)cc1. The smallest absolute Gasteiger partial charge is 0.410 e. The Balaban J connectivity index is 1.99. The molecule has 0 saturated heterocycles. The fourth-order valence-corrected chi connectivity index (χ4v) is 5.62. The minimum Gasteiger partial charge on any atom is -0.480 e. The molecule has 15 heteroatoms. The number of aliphatic carboxylic acids is 1. The number of alkyl carbamates (subject to hydrolysis) is 1. The molecule has 0 bridgehead atoms. The lowest BCUT2D eigenvalue weighted by atomic mass is 10.0. The van der Waals surface area contributed by atoms with Gasteiger partial charge in [-0.15, -0.1) is 0 Å². The molecule has 4 unspecified atom stereocenters. The van der Waals surface area contributed by atoms with Crippen molar-refractivity contribution in [3.05, 3.63) is 59.7 Å². The highest BCUT2D eigenvalue weighted by Crippen LogP contribution is 2.22. The molecule has 0 aliphatic carbocycles. The Morgan fingerprint density at radius 1 is 0.741 bits per heavy atom. The summed E-state index contributed by atoms with van der Waals surface area (Å²) in [5, 5.41) is 29.9. The van der Waals surface area contributed by atoms with Crippen LogP contribution in [0.25, 0.3) is 11.1 Å². The minimum atomic E-state index is -1.46. The third kappa shape index (κ3) is 18.8. The van der Waals surface area contributed by atoms with Crippen molar-refractivity contribution in [2.45, 2.75) is 149 Å². The summed E-state index contributed by atoms with van der Waals surface area (Å²) in [6, 6.07) is 12.3. The number of carbonyl (C=O) groups excluding carboxylic acids is 5. The van der Waals surface area contributed by atoms with E-state index in [0.29, 0.717) is 12.8 Å². The number of nitrogens with zero attached hydrogens (tertiary/aromatic N) is 1. The van der Waals surface area contributed by atoms with Crippen LogP contribution >= 0.6 is 0 Å². The Morgan fingerprint density at radius 3 is 1.83 bits per heavy atom. The van der Waals surface area contributed by atoms with E-state index < -0.39 is 71.3 Å². The average Bonchev–Trinajstić information content (AvgIpc) is 3.12. The number of nitrogens with one attached hydrogen (secondary N) is 4. The highest BCUT2D eigenvalue weighted by molar-refractivity contribution is 5.93. The number of aliphatic hydroxyl groups is 1. The number of unbranched alkanes of at least 4 members (excludes halogenated alkanes) is 2. The van der Waals surface area contributed by atoms with E-state index in [1.54, 1.807) is 41.5 Å². The van der Waals surface area contributed by atoms with E-state index >= 15 is 0 Å². The molecule has 0 radical (unpaired) electrons. The van der Waals surface area contributed by atoms with Crippen molar-refractivity contribution in [3.8, 4) is 11.1 Å². The van der Waals surface area contributed by atoms with Crippen LogP contribution in [-0.4, -0.2) is 99.5 Å². The van der Waals surface area contributed by atoms with Gasteiger partial charge in [0.25, 0.3) is 0 Å². The van der Waals surface area contributed by atoms with Gasteiger partial charge >= 0.3 is 18.2 Å². The lowest BCUT2D eigenvalue weighted by Gasteiger charge is -2.28. The molecule has 2 aromatic rings. The van der Waals surface area contributed by atoms with Gasteiger partial charge in [0.05, 0.1) is 6.10 Å². The van der Waals surface area contributed by atoms with Gasteiger partial charge in [0.2, 0.25) is 17.7 Å². The molecular formula is C43H65N5O10. The second-order valence-electron chi connectivity index (χ2n) is 16.5. The van der Waals surface area contributed by atoms with Gasteiger partial charge in [-0.2, -0.15) is 0 Å². The maximum Gasteiger partial charge on any atom is 0.410 e. The number of carbonyl (C=O) groups is 6. The van der Waals surface area contributed by atoms with E-state index in [1.165, 1.54) is 24.3 Å². The molecule has 0 spiro atoms. The second-order valence-corrected chi connectivity index (χ2v) is 16.5. The van der Waals surface area contributed by atoms with Crippen LogP contribution in [0.5, 0.6) is 0 Å². The summed E-state index contributed by atoms with van der Waals surface area (Å²) >= 11 is 0. The number of rotatable bonds is 21. The van der Waals surface area contributed by atoms with E-state index in [2.05, 4.69) is 52.5 Å². The number of amides is 5. The van der Waals surface area contributed by atoms with Crippen molar-refractivity contribution in [3.63, 3.8) is 0 Å². The highest BCUT2D eigenvalue weighted by atomic mass is 16.6. The third-order valence-electron chi connectivity index (χ3n) is 8.73. The summed E-state index contributed by atoms with van der Waals surface area (Å²) < 4.78 is 10.8. The number of carboxylic acid groups (broad SMARTS) is 1. The maximum absolute atomic E-state index is 13.2. The van der Waals surface area contributed by atoms with E-state index in [9.17, 15) is 39.0 Å². The molecule has 0 saturated carbocycles. The molecule has 322 valence electrons. The van der Waals surface area contributed by atoms with Crippen molar-refractivity contribution < 1.29 is 48.5 Å². The van der Waals surface area contributed by atoms with Crippen LogP contribution < -0.4 is 21.3 Å². The van der Waals surface area contributed by atoms with Crippen molar-refractivity contribution in [1.82, 2.24) is 26.2 Å². The summed E-state index contributed by atoms with van der Waals surface area (Å²) in [5.74, 6) is -3.58. The van der Waals surface area contributed by atoms with Crippen LogP contribution in [0.4, 0.5) is 9.59 Å². The monoisotopic (exact) mass is 811 g/mol. The molecule has 15 nitrogen and oxygen atoms in total. The van der Waals surface area contributed by atoms with Crippen molar-refractivity contribution in [1.29, 1.82) is 0 Å². The van der Waals surface area contributed by atoms with Gasteiger partial charge in [0.15, 0.2) is 0 Å². The number of aryl methyl sites for hydroxylation is 1. The van der Waals surface area contributed by atoms with Crippen LogP contribution in [0, 0.1) is 0 Å². The zero-order valence-electron chi connectivity index (χ0n) is 35.6. The summed E-state index contributed by atoms with van der Waals surface area (Å²) in [5.41, 5.74) is 2.74. The Hall–Kier alpha value is -5.18. The number of hydrogen-bond donors (Lipinski definition) is 6. The fourth-order valence-electron chi connectivity index (χ4n) is 5.62. The van der Waals surface area contributed by atoms with Crippen LogP contribution in [0.2, 0.25) is 0 Å². The first-order valence-electron chi connectivity index (χ1n) is 20.0. The van der Waals surface area contributed by atoms with Crippen LogP contribution in [0.1, 0.15) is 112 Å². The average molecular weight is 812 g/mol. The molecule has 0 aliphatic rings. The highest BCUT2D eigenvalue weighted by Gasteiger charge is 2.30. The van der Waals surface area contributed by atoms with Crippen LogP contribution in [-0.2, 0) is 41.6 Å². The number of hydrogen-bond acceptors (Lipinski definition) is 9. The Kier molecular flexibility index (Phi) is 19.7. The number of benzene rings is 2. The number of ether oxygens (including phenoxy) is 2. The van der Waals surface area contributed by atoms with Gasteiger partial charge < -0.3 is 45.9 Å². The van der Waals surface area contributed by atoms with Gasteiger partial charge in [0.1, 0.15) is 29.3 Å². The van der Waals surface area contributed by atoms with Crippen molar-refractivity contribution in [2.24, 2.45) is 0 Å². The first-order chi connectivity index (χ1) is 27.1. The van der Waals surface area contributed by atoms with Gasteiger partial charge in [-0.25, -0.2) is 14.4 Å². The zero-order chi connectivity index (χ0) is 43.6. The predicted molar refractivity (Wildman–Crippen MR) is 221 cm³/mol. The van der Waals surface area contributed by atoms with Crippen molar-refractivity contribution >= 4 is 35.9 Å². The number of aliphatic hydroxyl groups excluding tert-OH is 1. The standard InChI is InChI=1S/C43H65N5O10/c1-10-11-14-30-16-20-32(21-17-30)33-22-18-31(19-23-33)27-48(41(56)58-43(7,8)9)26-24-35(50)47-36(29(3)49)38(52)45-28(2)37(51)46-34(39(53)54)15-12-13-25-44-40(55)57-42(4,5)6/h16-23,28-29,34,36,49H,10-15,24-27H2,1-9H3,(H,44,55)(H,45,52)(H,46,51)(H,47,50)(H,53,54). The molecule has 58 heavy (non-hydrogen) atoms. The first-order valence-corrected chi connectivity index (χ1v) is 20.0. The summed E-state index contributed by atoms with van der Waals surface area (Å²) in [6.45, 7) is 15.5. The molecule has 2 rings (SSSR count). The second kappa shape index (κ2) is 23.3. The molecular weight excluding hydrogens is 746 g/mol. The molecule has 4 atom stereocenters. The van der Waals surface area contributed by atoms with Crippen molar-refractivity contribution in [2.75, 3.05) is 13.1 Å². The van der Waals surface area contributed by atoms with Crippen LogP contribution in [0.15, 0.2) is 48.5 Å². The van der Waals surface area contributed by atoms with Gasteiger partial charge in [-0.05, 0) is 110 Å². The molecule has 0 fully saturated rings. The van der Waals surface area contributed by atoms with E-state index in [-0.39, 0.29) is 32.5 Å². The summed E-state index contributed by atoms with van der Waals surface area (Å²) in [6.07, 6.45) is 1.34. The third-order valence-corrected chi connectivity index (χ3v) is 8.73. The summed E-state index contributed by atoms with van der Waals surface area (Å²) in [4.78, 5) is 77.5. The summed E-state index contributed by atoms with van der Waals surface area (Å²) in [7, 11) is 0. The van der Waals surface area contributed by atoms with Gasteiger partial charge in [0, 0.05) is 26.1 Å². The van der Waals surface area contributed by atoms with Gasteiger partial charge in [-0.1, -0.05) is 61.9 Å². The topological polar surface area (TPSA) is 213 Å². The van der Waals surface area contributed by atoms with Gasteiger partial charge in [-0.3, -0.25) is 14.4 Å². The molecule has 0 aliphatic heterocycles. The molecule has 0 heterocycles. The largest absolute Gasteiger partial charge is 0.480 e. The Labute approximate surface area is 343 Å². The quantitative estimate of drug-likeness (QED) is 0.0877. The van der Waals surface area contributed by atoms with E-state index in [4.69, 9.17) is 9.47 Å². The van der Waals surface area contributed by atoms with Crippen LogP contribution in [0.3, 0.4) is 0 Å². The Morgan fingerprint density at radius 2 is 1.31 bits per heavy atom. The lowest BCUT2D eigenvalue weighted by Crippen LogP contribution is -2.57. The fraction of sp³-hybridized carbons (Fsp3) is 0.581. The predicted octanol–water partition coefficient (Wildman–Crippen LogP) is 5.46. The molecule has 5 amide bonds.